The molecule has 0 spiro atoms. The van der Waals surface area contributed by atoms with Gasteiger partial charge in [-0.15, -0.1) is 0 Å². The molecule has 0 fully saturated rings. The van der Waals surface area contributed by atoms with Gasteiger partial charge in [0.15, 0.2) is 0 Å². The van der Waals surface area contributed by atoms with E-state index in [1.165, 1.54) is 6.07 Å². The highest BCUT2D eigenvalue weighted by Gasteiger charge is 2.17. The number of halogens is 1. The zero-order valence-electron chi connectivity index (χ0n) is 9.48. The van der Waals surface area contributed by atoms with Gasteiger partial charge in [-0.2, -0.15) is 0 Å². The first-order chi connectivity index (χ1) is 7.97. The van der Waals surface area contributed by atoms with Crippen molar-refractivity contribution in [3.63, 3.8) is 0 Å². The number of nitrogens with one attached hydrogen (secondary N) is 1. The first-order valence-corrected chi connectivity index (χ1v) is 6.61. The third-order valence-electron chi connectivity index (χ3n) is 2.08. The maximum atomic E-state index is 13.4. The minimum absolute atomic E-state index is 0.190. The van der Waals surface area contributed by atoms with Gasteiger partial charge in [-0.1, -0.05) is 12.2 Å². The van der Waals surface area contributed by atoms with Crippen molar-refractivity contribution in [3.05, 3.63) is 36.2 Å². The average molecular weight is 258 g/mol. The number of sulfonamides is 1. The molecule has 17 heavy (non-hydrogen) atoms. The Morgan fingerprint density at radius 3 is 2.76 bits per heavy atom. The van der Waals surface area contributed by atoms with Crippen molar-refractivity contribution in [2.75, 3.05) is 12.3 Å². The van der Waals surface area contributed by atoms with Crippen LogP contribution in [-0.2, 0) is 10.0 Å². The Morgan fingerprint density at radius 2 is 2.18 bits per heavy atom. The highest BCUT2D eigenvalue weighted by atomic mass is 32.2. The molecule has 0 saturated carbocycles. The third-order valence-corrected chi connectivity index (χ3v) is 3.58. The monoisotopic (exact) mass is 258 g/mol. The van der Waals surface area contributed by atoms with E-state index >= 15 is 0 Å². The number of hydrogen-bond donors (Lipinski definition) is 2. The van der Waals surface area contributed by atoms with Gasteiger partial charge in [0.05, 0.1) is 0 Å². The molecule has 0 amide bonds. The molecule has 0 saturated heterocycles. The second kappa shape index (κ2) is 5.79. The second-order valence-corrected chi connectivity index (χ2v) is 5.18. The standard InChI is InChI=1S/C11H15FN2O2S/c1-2-3-4-7-14-17(15,16)11-6-5-9(13)8-10(11)12/h2-3,5-6,8,14H,4,7,13H2,1H3/b3-2+. The number of nitrogens with two attached hydrogens (primary N) is 1. The summed E-state index contributed by atoms with van der Waals surface area (Å²) in [6.45, 7) is 2.07. The Labute approximate surface area is 100 Å². The third kappa shape index (κ3) is 3.83. The molecule has 0 unspecified atom stereocenters. The van der Waals surface area contributed by atoms with E-state index in [9.17, 15) is 12.8 Å². The molecule has 1 aromatic rings. The summed E-state index contributed by atoms with van der Waals surface area (Å²) in [6.07, 6.45) is 4.20. The summed E-state index contributed by atoms with van der Waals surface area (Å²) >= 11 is 0. The Morgan fingerprint density at radius 1 is 1.47 bits per heavy atom. The van der Waals surface area contributed by atoms with Crippen molar-refractivity contribution in [3.8, 4) is 0 Å². The SMILES string of the molecule is C/C=C/CCNS(=O)(=O)c1ccc(N)cc1F. The topological polar surface area (TPSA) is 72.2 Å². The van der Waals surface area contributed by atoms with E-state index < -0.39 is 15.8 Å². The zero-order chi connectivity index (χ0) is 12.9. The molecular weight excluding hydrogens is 243 g/mol. The van der Waals surface area contributed by atoms with Crippen LogP contribution < -0.4 is 10.5 Å². The van der Waals surface area contributed by atoms with Crippen molar-refractivity contribution in [1.29, 1.82) is 0 Å². The molecule has 6 heteroatoms. The van der Waals surface area contributed by atoms with Gasteiger partial charge < -0.3 is 5.73 Å². The zero-order valence-corrected chi connectivity index (χ0v) is 10.3. The molecule has 0 aliphatic heterocycles. The molecule has 0 atom stereocenters. The summed E-state index contributed by atoms with van der Waals surface area (Å²) in [7, 11) is -3.80. The van der Waals surface area contributed by atoms with E-state index in [2.05, 4.69) is 4.72 Å². The normalized spacial score (nSPS) is 12.1. The number of allylic oxidation sites excluding steroid dienone is 1. The molecular formula is C11H15FN2O2S. The van der Waals surface area contributed by atoms with Crippen LogP contribution in [0.1, 0.15) is 13.3 Å². The predicted molar refractivity (Wildman–Crippen MR) is 65.4 cm³/mol. The number of hydrogen-bond acceptors (Lipinski definition) is 3. The van der Waals surface area contributed by atoms with E-state index in [-0.39, 0.29) is 17.1 Å². The Bertz CT molecular complexity index is 512. The van der Waals surface area contributed by atoms with Crippen molar-refractivity contribution < 1.29 is 12.8 Å². The molecule has 0 aliphatic carbocycles. The first-order valence-electron chi connectivity index (χ1n) is 5.13. The number of anilines is 1. The summed E-state index contributed by atoms with van der Waals surface area (Å²) in [4.78, 5) is -0.382. The Kier molecular flexibility index (Phi) is 4.65. The van der Waals surface area contributed by atoms with Gasteiger partial charge in [0, 0.05) is 12.2 Å². The lowest BCUT2D eigenvalue weighted by Crippen LogP contribution is -2.25. The molecule has 94 valence electrons. The maximum Gasteiger partial charge on any atom is 0.243 e. The van der Waals surface area contributed by atoms with Crippen molar-refractivity contribution in [2.24, 2.45) is 0 Å². The molecule has 0 aromatic heterocycles. The summed E-state index contributed by atoms with van der Waals surface area (Å²) < 4.78 is 39.1. The summed E-state index contributed by atoms with van der Waals surface area (Å²) in [5.74, 6) is -0.844. The van der Waals surface area contributed by atoms with E-state index in [0.717, 1.165) is 12.1 Å². The number of rotatable bonds is 5. The van der Waals surface area contributed by atoms with Gasteiger partial charge in [-0.25, -0.2) is 17.5 Å². The highest BCUT2D eigenvalue weighted by molar-refractivity contribution is 7.89. The molecule has 0 bridgehead atoms. The summed E-state index contributed by atoms with van der Waals surface area (Å²) in [5.41, 5.74) is 5.54. The molecule has 0 radical (unpaired) electrons. The van der Waals surface area contributed by atoms with Crippen molar-refractivity contribution in [2.45, 2.75) is 18.2 Å². The van der Waals surface area contributed by atoms with Crippen LogP contribution in [0.3, 0.4) is 0 Å². The lowest BCUT2D eigenvalue weighted by atomic mass is 10.3. The van der Waals surface area contributed by atoms with Gasteiger partial charge in [-0.3, -0.25) is 0 Å². The van der Waals surface area contributed by atoms with Crippen LogP contribution in [0.2, 0.25) is 0 Å². The van der Waals surface area contributed by atoms with Crippen LogP contribution in [-0.4, -0.2) is 15.0 Å². The molecule has 4 nitrogen and oxygen atoms in total. The fourth-order valence-corrected chi connectivity index (χ4v) is 2.36. The Hall–Kier alpha value is -1.40. The Balaban J connectivity index is 2.82. The van der Waals surface area contributed by atoms with Gasteiger partial charge >= 0.3 is 0 Å². The lowest BCUT2D eigenvalue weighted by Gasteiger charge is -2.07. The second-order valence-electron chi connectivity index (χ2n) is 3.45. The van der Waals surface area contributed by atoms with Crippen LogP contribution >= 0.6 is 0 Å². The largest absolute Gasteiger partial charge is 0.399 e. The van der Waals surface area contributed by atoms with E-state index in [1.807, 2.05) is 19.1 Å². The average Bonchev–Trinajstić information content (AvgIpc) is 2.24. The van der Waals surface area contributed by atoms with Crippen molar-refractivity contribution in [1.82, 2.24) is 4.72 Å². The molecule has 0 aliphatic rings. The smallest absolute Gasteiger partial charge is 0.243 e. The minimum Gasteiger partial charge on any atom is -0.399 e. The van der Waals surface area contributed by atoms with Gasteiger partial charge in [-0.05, 0) is 31.5 Å². The fourth-order valence-electron chi connectivity index (χ4n) is 1.26. The van der Waals surface area contributed by atoms with Crippen molar-refractivity contribution >= 4 is 15.7 Å². The predicted octanol–water partition coefficient (Wildman–Crippen LogP) is 1.65. The summed E-state index contributed by atoms with van der Waals surface area (Å²) in [6, 6.07) is 3.49. The lowest BCUT2D eigenvalue weighted by molar-refractivity contribution is 0.558. The molecule has 1 aromatic carbocycles. The van der Waals surface area contributed by atoms with Gasteiger partial charge in [0.2, 0.25) is 10.0 Å². The number of nitrogen functional groups attached to an aromatic ring is 1. The van der Waals surface area contributed by atoms with Gasteiger partial charge in [0.25, 0.3) is 0 Å². The van der Waals surface area contributed by atoms with E-state index in [4.69, 9.17) is 5.73 Å². The first kappa shape index (κ1) is 13.7. The number of benzene rings is 1. The van der Waals surface area contributed by atoms with E-state index in [1.54, 1.807) is 0 Å². The molecule has 1 rings (SSSR count). The molecule has 3 N–H and O–H groups in total. The van der Waals surface area contributed by atoms with Crippen LogP contribution in [0.4, 0.5) is 10.1 Å². The van der Waals surface area contributed by atoms with Crippen LogP contribution in [0.25, 0.3) is 0 Å². The minimum atomic E-state index is -3.80. The quantitative estimate of drug-likeness (QED) is 0.479. The van der Waals surface area contributed by atoms with Crippen LogP contribution in [0.5, 0.6) is 0 Å². The highest BCUT2D eigenvalue weighted by Crippen LogP contribution is 2.16. The fraction of sp³-hybridized carbons (Fsp3) is 0.273. The van der Waals surface area contributed by atoms with Gasteiger partial charge in [0.1, 0.15) is 10.7 Å². The maximum absolute atomic E-state index is 13.4. The van der Waals surface area contributed by atoms with E-state index in [0.29, 0.717) is 6.42 Å². The molecule has 0 heterocycles. The summed E-state index contributed by atoms with van der Waals surface area (Å²) in [5, 5.41) is 0. The van der Waals surface area contributed by atoms with Crippen LogP contribution in [0.15, 0.2) is 35.2 Å². The van der Waals surface area contributed by atoms with Crippen LogP contribution in [0, 0.1) is 5.82 Å².